The molecule has 2 heterocycles. The summed E-state index contributed by atoms with van der Waals surface area (Å²) in [6, 6.07) is 10.4. The summed E-state index contributed by atoms with van der Waals surface area (Å²) in [4.78, 5) is 26.6. The van der Waals surface area contributed by atoms with Crippen molar-refractivity contribution in [2.45, 2.75) is 23.5 Å². The van der Waals surface area contributed by atoms with Gasteiger partial charge < -0.3 is 15.4 Å². The Morgan fingerprint density at radius 2 is 1.96 bits per heavy atom. The van der Waals surface area contributed by atoms with Crippen molar-refractivity contribution >= 4 is 35.1 Å². The number of benzene rings is 2. The van der Waals surface area contributed by atoms with Gasteiger partial charge in [-0.05, 0) is 56.3 Å². The van der Waals surface area contributed by atoms with E-state index in [0.717, 1.165) is 0 Å². The van der Waals surface area contributed by atoms with Crippen LogP contribution in [0.25, 0.3) is 0 Å². The van der Waals surface area contributed by atoms with Crippen molar-refractivity contribution in [3.05, 3.63) is 53.8 Å². The Labute approximate surface area is 166 Å². The van der Waals surface area contributed by atoms with Crippen LogP contribution in [0.5, 0.6) is 5.75 Å². The molecule has 0 saturated carbocycles. The summed E-state index contributed by atoms with van der Waals surface area (Å²) in [6.45, 7) is 4.36. The molecule has 8 heteroatoms. The minimum Gasteiger partial charge on any atom is -0.497 e. The minimum absolute atomic E-state index is 0.263. The molecule has 2 aliphatic heterocycles. The van der Waals surface area contributed by atoms with Gasteiger partial charge in [0.2, 0.25) is 0 Å². The Balaban J connectivity index is 1.75. The number of urea groups is 1. The maximum absolute atomic E-state index is 13.2. The van der Waals surface area contributed by atoms with Crippen molar-refractivity contribution in [2.24, 2.45) is 0 Å². The summed E-state index contributed by atoms with van der Waals surface area (Å²) < 4.78 is 18.1. The van der Waals surface area contributed by atoms with Crippen LogP contribution in [0.1, 0.15) is 19.4 Å². The fourth-order valence-corrected chi connectivity index (χ4v) is 5.33. The second kappa shape index (κ2) is 6.41. The number of nitrogens with one attached hydrogen (secondary N) is 2. The Kier molecular flexibility index (Phi) is 4.26. The molecule has 1 spiro atoms. The molecule has 0 unspecified atom stereocenters. The lowest BCUT2D eigenvalue weighted by atomic mass is 10.0. The first kappa shape index (κ1) is 18.6. The third kappa shape index (κ3) is 2.88. The maximum atomic E-state index is 13.2. The minimum atomic E-state index is -1.20. The predicted octanol–water partition coefficient (Wildman–Crippen LogP) is 4.00. The third-order valence-electron chi connectivity index (χ3n) is 4.83. The first-order valence-corrected chi connectivity index (χ1v) is 9.61. The summed E-state index contributed by atoms with van der Waals surface area (Å²) in [5, 5.41) is 5.66. The van der Waals surface area contributed by atoms with Gasteiger partial charge in [0.05, 0.1) is 7.11 Å². The van der Waals surface area contributed by atoms with Gasteiger partial charge >= 0.3 is 6.03 Å². The summed E-state index contributed by atoms with van der Waals surface area (Å²) in [5.74, 6) is -0.0390. The van der Waals surface area contributed by atoms with Crippen molar-refractivity contribution in [2.75, 3.05) is 24.3 Å². The highest BCUT2D eigenvalue weighted by atomic mass is 32.2. The largest absolute Gasteiger partial charge is 0.497 e. The second-order valence-corrected chi connectivity index (χ2v) is 9.29. The number of hydrogen-bond donors (Lipinski definition) is 2. The van der Waals surface area contributed by atoms with Crippen molar-refractivity contribution in [3.63, 3.8) is 0 Å². The topological polar surface area (TPSA) is 70.7 Å². The zero-order chi connectivity index (χ0) is 20.1. The van der Waals surface area contributed by atoms with Crippen LogP contribution in [-0.4, -0.2) is 35.2 Å². The quantitative estimate of drug-likeness (QED) is 0.798. The van der Waals surface area contributed by atoms with Crippen LogP contribution >= 0.6 is 11.8 Å². The number of methoxy groups -OCH3 is 1. The van der Waals surface area contributed by atoms with Gasteiger partial charge in [0.15, 0.2) is 4.87 Å². The molecule has 1 saturated heterocycles. The fraction of sp³-hybridized carbons (Fsp3) is 0.300. The molecule has 0 aliphatic carbocycles. The Morgan fingerprint density at radius 3 is 2.64 bits per heavy atom. The molecule has 4 rings (SSSR count). The number of nitrogens with zero attached hydrogens (tertiary/aromatic N) is 1. The van der Waals surface area contributed by atoms with E-state index >= 15 is 0 Å². The number of carbonyl (C=O) groups excluding carboxylic acids is 2. The Morgan fingerprint density at radius 1 is 1.25 bits per heavy atom. The molecule has 28 heavy (non-hydrogen) atoms. The molecule has 0 radical (unpaired) electrons. The van der Waals surface area contributed by atoms with Crippen LogP contribution in [0.15, 0.2) is 42.5 Å². The molecule has 6 nitrogen and oxygen atoms in total. The van der Waals surface area contributed by atoms with Gasteiger partial charge in [0.1, 0.15) is 11.6 Å². The number of rotatable bonds is 2. The zero-order valence-electron chi connectivity index (χ0n) is 15.7. The molecular formula is C20H20FN3O3S. The summed E-state index contributed by atoms with van der Waals surface area (Å²) in [7, 11) is 1.56. The average Bonchev–Trinajstić information content (AvgIpc) is 3.10. The van der Waals surface area contributed by atoms with Gasteiger partial charge in [-0.1, -0.05) is 0 Å². The molecule has 2 aromatic rings. The summed E-state index contributed by atoms with van der Waals surface area (Å²) in [5.41, 5.74) is 1.82. The van der Waals surface area contributed by atoms with E-state index in [1.165, 1.54) is 36.0 Å². The molecule has 3 amide bonds. The van der Waals surface area contributed by atoms with E-state index in [2.05, 4.69) is 10.6 Å². The molecule has 2 aliphatic rings. The number of hydrogen-bond acceptors (Lipinski definition) is 4. The smallest absolute Gasteiger partial charge is 0.323 e. The molecule has 146 valence electrons. The fourth-order valence-electron chi connectivity index (χ4n) is 3.66. The van der Waals surface area contributed by atoms with Gasteiger partial charge in [-0.15, -0.1) is 11.8 Å². The van der Waals surface area contributed by atoms with Crippen LogP contribution in [0, 0.1) is 5.82 Å². The lowest BCUT2D eigenvalue weighted by Gasteiger charge is -2.32. The predicted molar refractivity (Wildman–Crippen MR) is 107 cm³/mol. The van der Waals surface area contributed by atoms with Crippen LogP contribution in [-0.2, 0) is 9.67 Å². The number of fused-ring (bicyclic) bond motifs is 2. The summed E-state index contributed by atoms with van der Waals surface area (Å²) in [6.07, 6.45) is 0. The maximum Gasteiger partial charge on any atom is 0.323 e. The van der Waals surface area contributed by atoms with Crippen LogP contribution in [0.3, 0.4) is 0 Å². The zero-order valence-corrected chi connectivity index (χ0v) is 16.5. The molecule has 0 bridgehead atoms. The average molecular weight is 401 g/mol. The molecule has 2 aromatic carbocycles. The SMILES string of the molecule is COc1ccc2c(c1)[C@]1(SC(C)(C)CN1C(=O)Nc1ccc(F)cc1)C(=O)N2. The van der Waals surface area contributed by atoms with Gasteiger partial charge in [-0.3, -0.25) is 9.69 Å². The van der Waals surface area contributed by atoms with E-state index in [0.29, 0.717) is 29.2 Å². The van der Waals surface area contributed by atoms with E-state index in [-0.39, 0.29) is 16.5 Å². The lowest BCUT2D eigenvalue weighted by Crippen LogP contribution is -2.49. The highest BCUT2D eigenvalue weighted by Gasteiger charge is 2.61. The third-order valence-corrected chi connectivity index (χ3v) is 6.43. The number of anilines is 2. The van der Waals surface area contributed by atoms with E-state index in [1.807, 2.05) is 13.8 Å². The molecule has 0 aromatic heterocycles. The first-order valence-electron chi connectivity index (χ1n) is 8.79. The lowest BCUT2D eigenvalue weighted by molar-refractivity contribution is -0.121. The van der Waals surface area contributed by atoms with Gasteiger partial charge in [0, 0.05) is 28.2 Å². The first-order chi connectivity index (χ1) is 13.2. The number of amides is 3. The van der Waals surface area contributed by atoms with Gasteiger partial charge in [0.25, 0.3) is 5.91 Å². The van der Waals surface area contributed by atoms with E-state index in [1.54, 1.807) is 30.2 Å². The van der Waals surface area contributed by atoms with Crippen molar-refractivity contribution in [1.82, 2.24) is 4.90 Å². The van der Waals surface area contributed by atoms with E-state index in [4.69, 9.17) is 4.74 Å². The van der Waals surface area contributed by atoms with Crippen molar-refractivity contribution in [1.29, 1.82) is 0 Å². The van der Waals surface area contributed by atoms with Crippen LogP contribution < -0.4 is 15.4 Å². The number of ether oxygens (including phenoxy) is 1. The van der Waals surface area contributed by atoms with Crippen LogP contribution in [0.2, 0.25) is 0 Å². The molecule has 1 atom stereocenters. The van der Waals surface area contributed by atoms with Crippen molar-refractivity contribution in [3.8, 4) is 5.75 Å². The van der Waals surface area contributed by atoms with Crippen molar-refractivity contribution < 1.29 is 18.7 Å². The Hall–Kier alpha value is -2.74. The highest BCUT2D eigenvalue weighted by molar-refractivity contribution is 8.02. The molecular weight excluding hydrogens is 381 g/mol. The molecule has 2 N–H and O–H groups in total. The second-order valence-electron chi connectivity index (χ2n) is 7.39. The van der Waals surface area contributed by atoms with E-state index in [9.17, 15) is 14.0 Å². The highest BCUT2D eigenvalue weighted by Crippen LogP contribution is 2.58. The van der Waals surface area contributed by atoms with E-state index < -0.39 is 10.9 Å². The number of thioether (sulfide) groups is 1. The standard InChI is InChI=1S/C20H20FN3O3S/c1-19(2)11-24(18(26)22-13-6-4-12(21)5-7-13)20(28-19)15-10-14(27-3)8-9-16(15)23-17(20)25/h4-10H,11H2,1-3H3,(H,22,26)(H,23,25)/t20-/m0/s1. The number of halogens is 1. The van der Waals surface area contributed by atoms with Gasteiger partial charge in [-0.25, -0.2) is 9.18 Å². The number of carbonyl (C=O) groups is 2. The summed E-state index contributed by atoms with van der Waals surface area (Å²) >= 11 is 1.43. The van der Waals surface area contributed by atoms with Crippen LogP contribution in [0.4, 0.5) is 20.6 Å². The normalized spacial score (nSPS) is 22.1. The Bertz CT molecular complexity index is 964. The van der Waals surface area contributed by atoms with Gasteiger partial charge in [-0.2, -0.15) is 0 Å². The monoisotopic (exact) mass is 401 g/mol. The molecule has 1 fully saturated rings.